The van der Waals surface area contributed by atoms with Crippen LogP contribution >= 0.6 is 0 Å². The van der Waals surface area contributed by atoms with Crippen molar-refractivity contribution in [1.29, 1.82) is 0 Å². The van der Waals surface area contributed by atoms with Crippen molar-refractivity contribution in [1.82, 2.24) is 9.55 Å². The summed E-state index contributed by atoms with van der Waals surface area (Å²) in [6, 6.07) is 13.8. The Morgan fingerprint density at radius 2 is 2.04 bits per heavy atom. The van der Waals surface area contributed by atoms with Gasteiger partial charge in [-0.2, -0.15) is 0 Å². The third kappa shape index (κ3) is 2.76. The lowest BCUT2D eigenvalue weighted by molar-refractivity contribution is -0.116. The number of hydrogen-bond donors (Lipinski definition) is 1. The number of halogens is 1. The summed E-state index contributed by atoms with van der Waals surface area (Å²) in [5.74, 6) is 0.766. The maximum Gasteiger partial charge on any atom is 0.226 e. The minimum atomic E-state index is -0.339. The van der Waals surface area contributed by atoms with Gasteiger partial charge in [0.1, 0.15) is 23.7 Å². The Kier molecular flexibility index (Phi) is 3.72. The number of imidazole rings is 1. The van der Waals surface area contributed by atoms with Gasteiger partial charge in [-0.3, -0.25) is 9.36 Å². The predicted octanol–water partition coefficient (Wildman–Crippen LogP) is 3.49. The summed E-state index contributed by atoms with van der Waals surface area (Å²) >= 11 is 0. The molecule has 1 N–H and O–H groups in total. The molecule has 1 aromatic heterocycles. The van der Waals surface area contributed by atoms with E-state index in [1.807, 2.05) is 24.3 Å². The Hall–Kier alpha value is -3.15. The van der Waals surface area contributed by atoms with Gasteiger partial charge < -0.3 is 10.1 Å². The topological polar surface area (TPSA) is 56.1 Å². The summed E-state index contributed by atoms with van der Waals surface area (Å²) in [7, 11) is 1.61. The summed E-state index contributed by atoms with van der Waals surface area (Å²) in [6.45, 7) is 0. The summed E-state index contributed by atoms with van der Waals surface area (Å²) < 4.78 is 20.4. The van der Waals surface area contributed by atoms with E-state index in [1.165, 1.54) is 12.1 Å². The van der Waals surface area contributed by atoms with Crippen LogP contribution in [0, 0.1) is 5.82 Å². The van der Waals surface area contributed by atoms with Gasteiger partial charge in [-0.15, -0.1) is 0 Å². The minimum Gasteiger partial charge on any atom is -0.497 e. The van der Waals surface area contributed by atoms with Gasteiger partial charge >= 0.3 is 0 Å². The van der Waals surface area contributed by atoms with Gasteiger partial charge in [-0.05, 0) is 35.9 Å². The average molecular weight is 337 g/mol. The predicted molar refractivity (Wildman–Crippen MR) is 91.6 cm³/mol. The molecule has 1 amide bonds. The highest BCUT2D eigenvalue weighted by molar-refractivity contribution is 5.94. The zero-order valence-electron chi connectivity index (χ0n) is 13.6. The number of carbonyl (C=O) groups excluding carboxylic acids is 1. The van der Waals surface area contributed by atoms with E-state index >= 15 is 0 Å². The number of anilines is 1. The minimum absolute atomic E-state index is 0.0912. The molecule has 0 unspecified atom stereocenters. The van der Waals surface area contributed by atoms with Crippen molar-refractivity contribution < 1.29 is 13.9 Å². The molecule has 0 saturated heterocycles. The molecule has 0 radical (unpaired) electrons. The van der Waals surface area contributed by atoms with Crippen LogP contribution in [-0.4, -0.2) is 22.6 Å². The monoisotopic (exact) mass is 337 g/mol. The molecule has 3 aromatic rings. The Labute approximate surface area is 144 Å². The maximum absolute atomic E-state index is 13.5. The van der Waals surface area contributed by atoms with Crippen LogP contribution in [0.15, 0.2) is 54.9 Å². The second-order valence-electron chi connectivity index (χ2n) is 5.91. The third-order valence-electron chi connectivity index (χ3n) is 4.38. The quantitative estimate of drug-likeness (QED) is 0.796. The fraction of sp³-hybridized carbons (Fsp3) is 0.158. The number of nitrogens with zero attached hydrogens (tertiary/aromatic N) is 2. The van der Waals surface area contributed by atoms with Crippen LogP contribution in [0.3, 0.4) is 0 Å². The normalized spacial score (nSPS) is 16.2. The van der Waals surface area contributed by atoms with E-state index in [4.69, 9.17) is 4.74 Å². The summed E-state index contributed by atoms with van der Waals surface area (Å²) in [5.41, 5.74) is 2.37. The van der Waals surface area contributed by atoms with Crippen LogP contribution in [0.25, 0.3) is 5.69 Å². The molecule has 1 atom stereocenters. The molecular formula is C19H16FN3O2. The summed E-state index contributed by atoms with van der Waals surface area (Å²) in [4.78, 5) is 16.7. The molecule has 6 heteroatoms. The van der Waals surface area contributed by atoms with Gasteiger partial charge in [0.15, 0.2) is 0 Å². The van der Waals surface area contributed by atoms with Crippen molar-refractivity contribution in [2.24, 2.45) is 0 Å². The second kappa shape index (κ2) is 6.05. The lowest BCUT2D eigenvalue weighted by Gasteiger charge is -2.23. The highest BCUT2D eigenvalue weighted by atomic mass is 19.1. The Balaban J connectivity index is 1.78. The number of nitrogens with one attached hydrogen (secondary N) is 1. The zero-order chi connectivity index (χ0) is 17.4. The Morgan fingerprint density at radius 3 is 2.76 bits per heavy atom. The van der Waals surface area contributed by atoms with Crippen molar-refractivity contribution in [2.45, 2.75) is 12.3 Å². The molecule has 0 saturated carbocycles. The molecule has 0 aliphatic carbocycles. The van der Waals surface area contributed by atoms with Crippen molar-refractivity contribution in [3.05, 3.63) is 71.9 Å². The molecule has 2 heterocycles. The van der Waals surface area contributed by atoms with Crippen LogP contribution in [0.4, 0.5) is 10.2 Å². The number of methoxy groups -OCH3 is 1. The van der Waals surface area contributed by atoms with Crippen LogP contribution < -0.4 is 10.1 Å². The number of hydrogen-bond acceptors (Lipinski definition) is 3. The van der Waals surface area contributed by atoms with Crippen molar-refractivity contribution in [3.8, 4) is 11.4 Å². The highest BCUT2D eigenvalue weighted by Gasteiger charge is 2.31. The van der Waals surface area contributed by atoms with Gasteiger partial charge in [0.25, 0.3) is 0 Å². The second-order valence-corrected chi connectivity index (χ2v) is 5.91. The van der Waals surface area contributed by atoms with E-state index in [-0.39, 0.29) is 17.6 Å². The largest absolute Gasteiger partial charge is 0.497 e. The molecule has 2 aromatic carbocycles. The molecule has 1 aliphatic rings. The van der Waals surface area contributed by atoms with E-state index < -0.39 is 0 Å². The molecular weight excluding hydrogens is 321 g/mol. The molecule has 4 rings (SSSR count). The SMILES string of the molecule is COc1ccc([C@H]2CC(=O)Nc3c2ncn3-c2cccc(F)c2)cc1. The van der Waals surface area contributed by atoms with Gasteiger partial charge in [0, 0.05) is 12.3 Å². The van der Waals surface area contributed by atoms with Gasteiger partial charge in [-0.1, -0.05) is 18.2 Å². The van der Waals surface area contributed by atoms with Crippen LogP contribution in [0.5, 0.6) is 5.75 Å². The van der Waals surface area contributed by atoms with Crippen LogP contribution in [0.1, 0.15) is 23.6 Å². The van der Waals surface area contributed by atoms with Gasteiger partial charge in [0.05, 0.1) is 18.5 Å². The highest BCUT2D eigenvalue weighted by Crippen LogP contribution is 2.37. The number of aromatic nitrogens is 2. The molecule has 0 bridgehead atoms. The molecule has 126 valence electrons. The number of carbonyl (C=O) groups is 1. The van der Waals surface area contributed by atoms with E-state index in [0.29, 0.717) is 17.9 Å². The van der Waals surface area contributed by atoms with Gasteiger partial charge in [0.2, 0.25) is 5.91 Å². The van der Waals surface area contributed by atoms with E-state index in [0.717, 1.165) is 17.0 Å². The Bertz CT molecular complexity index is 934. The Morgan fingerprint density at radius 1 is 1.24 bits per heavy atom. The lowest BCUT2D eigenvalue weighted by atomic mass is 9.90. The fourth-order valence-electron chi connectivity index (χ4n) is 3.14. The van der Waals surface area contributed by atoms with Crippen molar-refractivity contribution in [3.63, 3.8) is 0 Å². The standard InChI is InChI=1S/C19H16FN3O2/c1-25-15-7-5-12(6-8-15)16-10-17(24)22-19-18(16)21-11-23(19)14-4-2-3-13(20)9-14/h2-9,11,16H,10H2,1H3,(H,22,24)/t16-/m1/s1. The lowest BCUT2D eigenvalue weighted by Crippen LogP contribution is -2.24. The number of ether oxygens (including phenoxy) is 1. The average Bonchev–Trinajstić information content (AvgIpc) is 3.05. The smallest absolute Gasteiger partial charge is 0.226 e. The third-order valence-corrected chi connectivity index (χ3v) is 4.38. The van der Waals surface area contributed by atoms with E-state index in [1.54, 1.807) is 30.1 Å². The fourth-order valence-corrected chi connectivity index (χ4v) is 3.14. The number of rotatable bonds is 3. The van der Waals surface area contributed by atoms with E-state index in [9.17, 15) is 9.18 Å². The molecule has 0 fully saturated rings. The maximum atomic E-state index is 13.5. The first-order valence-electron chi connectivity index (χ1n) is 7.92. The van der Waals surface area contributed by atoms with Crippen LogP contribution in [0.2, 0.25) is 0 Å². The first kappa shape index (κ1) is 15.4. The van der Waals surface area contributed by atoms with Crippen molar-refractivity contribution in [2.75, 3.05) is 12.4 Å². The molecule has 0 spiro atoms. The molecule has 1 aliphatic heterocycles. The van der Waals surface area contributed by atoms with Crippen LogP contribution in [-0.2, 0) is 4.79 Å². The first-order valence-corrected chi connectivity index (χ1v) is 7.92. The van der Waals surface area contributed by atoms with Crippen molar-refractivity contribution >= 4 is 11.7 Å². The molecule has 5 nitrogen and oxygen atoms in total. The van der Waals surface area contributed by atoms with E-state index in [2.05, 4.69) is 10.3 Å². The summed E-state index contributed by atoms with van der Waals surface area (Å²) in [5, 5.41) is 2.86. The van der Waals surface area contributed by atoms with Gasteiger partial charge in [-0.25, -0.2) is 9.37 Å². The number of benzene rings is 2. The number of amides is 1. The summed E-state index contributed by atoms with van der Waals surface area (Å²) in [6.07, 6.45) is 1.93. The molecule has 25 heavy (non-hydrogen) atoms. The zero-order valence-corrected chi connectivity index (χ0v) is 13.6. The first-order chi connectivity index (χ1) is 12.2. The number of fused-ring (bicyclic) bond motifs is 1.